The molecule has 2 rings (SSSR count). The van der Waals surface area contributed by atoms with Crippen molar-refractivity contribution < 1.29 is 14.6 Å². The summed E-state index contributed by atoms with van der Waals surface area (Å²) < 4.78 is 11.2. The number of unbranched alkanes of at least 4 members (excludes halogenated alkanes) is 2. The number of aryl methyl sites for hydroxylation is 1. The number of aliphatic hydroxyl groups excluding tert-OH is 1. The molecule has 0 radical (unpaired) electrons. The van der Waals surface area contributed by atoms with E-state index in [0.717, 1.165) is 44.5 Å². The van der Waals surface area contributed by atoms with Crippen molar-refractivity contribution in [3.05, 3.63) is 42.0 Å². The molecule has 0 saturated carbocycles. The van der Waals surface area contributed by atoms with Gasteiger partial charge in [0.25, 0.3) is 0 Å². The maximum absolute atomic E-state index is 9.62. The smallest absolute Gasteiger partial charge is 0.180 e. The van der Waals surface area contributed by atoms with Gasteiger partial charge in [-0.2, -0.15) is 0 Å². The van der Waals surface area contributed by atoms with E-state index >= 15 is 0 Å². The second-order valence-corrected chi connectivity index (χ2v) is 6.36. The Morgan fingerprint density at radius 1 is 1.29 bits per heavy atom. The van der Waals surface area contributed by atoms with E-state index in [4.69, 9.17) is 9.47 Å². The van der Waals surface area contributed by atoms with Crippen molar-refractivity contribution in [3.63, 3.8) is 0 Å². The van der Waals surface area contributed by atoms with E-state index in [1.807, 2.05) is 26.0 Å². The number of hydrogen-bond donors (Lipinski definition) is 1. The number of aliphatic imine (C=N–C) groups is 1. The van der Waals surface area contributed by atoms with Gasteiger partial charge in [-0.3, -0.25) is 0 Å². The molecule has 0 aliphatic carbocycles. The molecule has 0 amide bonds. The van der Waals surface area contributed by atoms with Crippen molar-refractivity contribution in [1.82, 2.24) is 0 Å². The summed E-state index contributed by atoms with van der Waals surface area (Å²) in [6.45, 7) is 5.15. The van der Waals surface area contributed by atoms with Crippen LogP contribution in [-0.4, -0.2) is 36.4 Å². The van der Waals surface area contributed by atoms with E-state index in [9.17, 15) is 5.11 Å². The maximum atomic E-state index is 9.62. The lowest BCUT2D eigenvalue weighted by molar-refractivity contribution is 0.150. The molecule has 1 aliphatic rings. The molecule has 0 fully saturated rings. The highest BCUT2D eigenvalue weighted by Crippen LogP contribution is 2.25. The van der Waals surface area contributed by atoms with E-state index in [2.05, 4.69) is 29.3 Å². The molecule has 1 aromatic carbocycles. The van der Waals surface area contributed by atoms with Crippen LogP contribution in [0.4, 0.5) is 0 Å². The second-order valence-electron chi connectivity index (χ2n) is 6.36. The standard InChI is InChI=1S/C20H29NO3/c1-3-4-5-6-7-14-23-19-10-8-18(9-11-19)12-13-20(15-22)16-24-17(2)21-20/h3-4,8-11,22H,5-7,12-16H2,1-2H3. The Morgan fingerprint density at radius 3 is 2.71 bits per heavy atom. The second kappa shape index (κ2) is 9.48. The lowest BCUT2D eigenvalue weighted by Crippen LogP contribution is -2.33. The Kier molecular flexibility index (Phi) is 7.32. The lowest BCUT2D eigenvalue weighted by Gasteiger charge is -2.21. The third-order valence-corrected chi connectivity index (χ3v) is 4.31. The third-order valence-electron chi connectivity index (χ3n) is 4.31. The van der Waals surface area contributed by atoms with Crippen molar-refractivity contribution in [2.45, 2.75) is 51.5 Å². The van der Waals surface area contributed by atoms with Gasteiger partial charge in [0.2, 0.25) is 0 Å². The van der Waals surface area contributed by atoms with Gasteiger partial charge in [0.15, 0.2) is 5.90 Å². The van der Waals surface area contributed by atoms with Gasteiger partial charge in [-0.1, -0.05) is 24.3 Å². The van der Waals surface area contributed by atoms with E-state index in [1.54, 1.807) is 0 Å². The Balaban J connectivity index is 1.74. The summed E-state index contributed by atoms with van der Waals surface area (Å²) in [6.07, 6.45) is 9.28. The molecule has 0 aromatic heterocycles. The van der Waals surface area contributed by atoms with Crippen LogP contribution in [0.5, 0.6) is 5.75 Å². The van der Waals surface area contributed by atoms with Crippen molar-refractivity contribution >= 4 is 5.90 Å². The number of hydrogen-bond acceptors (Lipinski definition) is 4. The van der Waals surface area contributed by atoms with Crippen molar-refractivity contribution in [2.24, 2.45) is 4.99 Å². The maximum Gasteiger partial charge on any atom is 0.180 e. The SMILES string of the molecule is CC=CCCCCOc1ccc(CCC2(CO)COC(C)=N2)cc1. The largest absolute Gasteiger partial charge is 0.494 e. The molecule has 1 aromatic rings. The number of rotatable bonds is 10. The van der Waals surface area contributed by atoms with Gasteiger partial charge in [0.1, 0.15) is 17.9 Å². The zero-order valence-electron chi connectivity index (χ0n) is 14.8. The van der Waals surface area contributed by atoms with Crippen LogP contribution in [0.2, 0.25) is 0 Å². The number of aliphatic hydroxyl groups is 1. The summed E-state index contributed by atoms with van der Waals surface area (Å²) in [6, 6.07) is 8.22. The predicted octanol–water partition coefficient (Wildman–Crippen LogP) is 3.92. The molecule has 1 atom stereocenters. The third kappa shape index (κ3) is 5.68. The van der Waals surface area contributed by atoms with Crippen molar-refractivity contribution in [3.8, 4) is 5.75 Å². The highest BCUT2D eigenvalue weighted by Gasteiger charge is 2.34. The quantitative estimate of drug-likeness (QED) is 0.522. The summed E-state index contributed by atoms with van der Waals surface area (Å²) in [4.78, 5) is 4.46. The molecule has 0 bridgehead atoms. The van der Waals surface area contributed by atoms with Crippen LogP contribution in [-0.2, 0) is 11.2 Å². The van der Waals surface area contributed by atoms with Crippen molar-refractivity contribution in [2.75, 3.05) is 19.8 Å². The molecule has 0 spiro atoms. The number of benzene rings is 1. The summed E-state index contributed by atoms with van der Waals surface area (Å²) in [7, 11) is 0. The fourth-order valence-corrected chi connectivity index (χ4v) is 2.78. The first-order valence-electron chi connectivity index (χ1n) is 8.80. The van der Waals surface area contributed by atoms with E-state index in [0.29, 0.717) is 12.5 Å². The van der Waals surface area contributed by atoms with E-state index < -0.39 is 5.54 Å². The average Bonchev–Trinajstić information content (AvgIpc) is 2.99. The number of allylic oxidation sites excluding steroid dienone is 2. The summed E-state index contributed by atoms with van der Waals surface area (Å²) in [5.74, 6) is 1.59. The number of nitrogens with zero attached hydrogens (tertiary/aromatic N) is 1. The molecular formula is C20H29NO3. The normalized spacial score (nSPS) is 20.2. The average molecular weight is 331 g/mol. The van der Waals surface area contributed by atoms with Crippen molar-refractivity contribution in [1.29, 1.82) is 0 Å². The molecule has 4 heteroatoms. The minimum atomic E-state index is -0.466. The van der Waals surface area contributed by atoms with Gasteiger partial charge in [-0.05, 0) is 56.7 Å². The van der Waals surface area contributed by atoms with E-state index in [1.165, 1.54) is 5.56 Å². The van der Waals surface area contributed by atoms with E-state index in [-0.39, 0.29) is 6.61 Å². The fraction of sp³-hybridized carbons (Fsp3) is 0.550. The van der Waals surface area contributed by atoms with Gasteiger partial charge in [0, 0.05) is 6.92 Å². The molecule has 4 nitrogen and oxygen atoms in total. The molecule has 1 heterocycles. The van der Waals surface area contributed by atoms with Gasteiger partial charge in [0.05, 0.1) is 13.2 Å². The topological polar surface area (TPSA) is 51.0 Å². The lowest BCUT2D eigenvalue weighted by atomic mass is 9.94. The fourth-order valence-electron chi connectivity index (χ4n) is 2.78. The molecular weight excluding hydrogens is 302 g/mol. The molecule has 132 valence electrons. The van der Waals surface area contributed by atoms with Crippen LogP contribution in [0, 0.1) is 0 Å². The number of ether oxygens (including phenoxy) is 2. The van der Waals surface area contributed by atoms with Gasteiger partial charge in [-0.15, -0.1) is 0 Å². The Morgan fingerprint density at radius 2 is 2.08 bits per heavy atom. The van der Waals surface area contributed by atoms with Gasteiger partial charge in [-0.25, -0.2) is 4.99 Å². The minimum Gasteiger partial charge on any atom is -0.494 e. The molecule has 24 heavy (non-hydrogen) atoms. The van der Waals surface area contributed by atoms with Crippen LogP contribution < -0.4 is 4.74 Å². The first kappa shape index (κ1) is 18.5. The van der Waals surface area contributed by atoms with Crippen LogP contribution in [0.3, 0.4) is 0 Å². The van der Waals surface area contributed by atoms with Crippen LogP contribution in [0.25, 0.3) is 0 Å². The molecule has 0 saturated heterocycles. The first-order valence-corrected chi connectivity index (χ1v) is 8.80. The summed E-state index contributed by atoms with van der Waals surface area (Å²) >= 11 is 0. The molecule has 1 N–H and O–H groups in total. The zero-order valence-corrected chi connectivity index (χ0v) is 14.8. The van der Waals surface area contributed by atoms with Crippen LogP contribution in [0.15, 0.2) is 41.4 Å². The highest BCUT2D eigenvalue weighted by atomic mass is 16.5. The monoisotopic (exact) mass is 331 g/mol. The summed E-state index contributed by atoms with van der Waals surface area (Å²) in [5, 5.41) is 9.62. The van der Waals surface area contributed by atoms with Crippen LogP contribution >= 0.6 is 0 Å². The Bertz CT molecular complexity index is 551. The molecule has 1 unspecified atom stereocenters. The highest BCUT2D eigenvalue weighted by molar-refractivity contribution is 5.75. The predicted molar refractivity (Wildman–Crippen MR) is 97.8 cm³/mol. The van der Waals surface area contributed by atoms with Gasteiger partial charge >= 0.3 is 0 Å². The Hall–Kier alpha value is -1.81. The summed E-state index contributed by atoms with van der Waals surface area (Å²) in [5.41, 5.74) is 0.759. The van der Waals surface area contributed by atoms with Gasteiger partial charge < -0.3 is 14.6 Å². The Labute approximate surface area is 145 Å². The minimum absolute atomic E-state index is 0.0265. The molecule has 1 aliphatic heterocycles. The zero-order chi connectivity index (χ0) is 17.3. The van der Waals surface area contributed by atoms with Crippen LogP contribution in [0.1, 0.15) is 45.1 Å². The first-order chi connectivity index (χ1) is 11.7.